The molecular weight excluding hydrogens is 248 g/mol. The molecule has 0 saturated carbocycles. The molecule has 1 aromatic rings. The van der Waals surface area contributed by atoms with Crippen molar-refractivity contribution in [2.24, 2.45) is 0 Å². The lowest BCUT2D eigenvalue weighted by molar-refractivity contribution is -0.150. The minimum atomic E-state index is -0.412. The average molecular weight is 268 g/mol. The highest BCUT2D eigenvalue weighted by Gasteiger charge is 2.21. The summed E-state index contributed by atoms with van der Waals surface area (Å²) in [6, 6.07) is -0.0928. The number of nitrogens with zero attached hydrogens (tertiary/aromatic N) is 3. The van der Waals surface area contributed by atoms with E-state index in [4.69, 9.17) is 10.5 Å². The number of carbonyl (C=O) groups is 2. The van der Waals surface area contributed by atoms with E-state index in [0.717, 1.165) is 0 Å². The molecule has 1 heterocycles. The van der Waals surface area contributed by atoms with Crippen LogP contribution in [0.3, 0.4) is 0 Å². The van der Waals surface area contributed by atoms with Gasteiger partial charge < -0.3 is 15.4 Å². The Kier molecular flexibility index (Phi) is 5.35. The molecule has 19 heavy (non-hydrogen) atoms. The fourth-order valence-electron chi connectivity index (χ4n) is 1.60. The van der Waals surface area contributed by atoms with E-state index < -0.39 is 5.97 Å². The van der Waals surface area contributed by atoms with Gasteiger partial charge in [0.25, 0.3) is 0 Å². The van der Waals surface area contributed by atoms with Crippen molar-refractivity contribution >= 4 is 17.6 Å². The molecule has 2 N–H and O–H groups in total. The predicted molar refractivity (Wildman–Crippen MR) is 70.1 cm³/mol. The van der Waals surface area contributed by atoms with E-state index in [1.54, 1.807) is 13.1 Å². The summed E-state index contributed by atoms with van der Waals surface area (Å²) in [5, 5.41) is 3.94. The van der Waals surface area contributed by atoms with E-state index in [9.17, 15) is 9.59 Å². The maximum atomic E-state index is 12.1. The maximum absolute atomic E-state index is 12.1. The summed E-state index contributed by atoms with van der Waals surface area (Å²) < 4.78 is 6.29. The third-order valence-electron chi connectivity index (χ3n) is 2.50. The van der Waals surface area contributed by atoms with Gasteiger partial charge in [0.2, 0.25) is 5.91 Å². The molecule has 0 aliphatic heterocycles. The SMILES string of the molecule is CCOC(=O)CN(C(=O)Cn1cc(N)cn1)C(C)C. The summed E-state index contributed by atoms with van der Waals surface area (Å²) in [6.45, 7) is 5.71. The van der Waals surface area contributed by atoms with Crippen molar-refractivity contribution in [1.82, 2.24) is 14.7 Å². The topological polar surface area (TPSA) is 90.5 Å². The van der Waals surface area contributed by atoms with Crippen LogP contribution >= 0.6 is 0 Å². The van der Waals surface area contributed by atoms with E-state index in [0.29, 0.717) is 12.3 Å². The Morgan fingerprint density at radius 1 is 1.53 bits per heavy atom. The number of ether oxygens (including phenoxy) is 1. The molecule has 0 spiro atoms. The highest BCUT2D eigenvalue weighted by atomic mass is 16.5. The van der Waals surface area contributed by atoms with Crippen molar-refractivity contribution in [1.29, 1.82) is 0 Å². The second-order valence-electron chi connectivity index (χ2n) is 4.39. The Labute approximate surface area is 112 Å². The Morgan fingerprint density at radius 3 is 2.68 bits per heavy atom. The Hall–Kier alpha value is -2.05. The van der Waals surface area contributed by atoms with Crippen LogP contribution in [0, 0.1) is 0 Å². The van der Waals surface area contributed by atoms with Crippen LogP contribution in [-0.4, -0.2) is 45.8 Å². The van der Waals surface area contributed by atoms with E-state index in [-0.39, 0.29) is 25.0 Å². The molecule has 0 aromatic carbocycles. The molecule has 1 amide bonds. The third kappa shape index (κ3) is 4.61. The lowest BCUT2D eigenvalue weighted by Gasteiger charge is -2.25. The second-order valence-corrected chi connectivity index (χ2v) is 4.39. The first-order valence-corrected chi connectivity index (χ1v) is 6.17. The van der Waals surface area contributed by atoms with Crippen molar-refractivity contribution in [3.63, 3.8) is 0 Å². The van der Waals surface area contributed by atoms with Gasteiger partial charge in [0, 0.05) is 12.2 Å². The molecule has 7 nitrogen and oxygen atoms in total. The number of carbonyl (C=O) groups excluding carboxylic acids is 2. The van der Waals surface area contributed by atoms with Crippen molar-refractivity contribution in [3.05, 3.63) is 12.4 Å². The fourth-order valence-corrected chi connectivity index (χ4v) is 1.60. The molecule has 0 atom stereocenters. The second kappa shape index (κ2) is 6.77. The molecule has 1 rings (SSSR count). The van der Waals surface area contributed by atoms with Gasteiger partial charge >= 0.3 is 5.97 Å². The van der Waals surface area contributed by atoms with Gasteiger partial charge in [0.05, 0.1) is 18.5 Å². The van der Waals surface area contributed by atoms with Gasteiger partial charge in [-0.25, -0.2) is 0 Å². The quantitative estimate of drug-likeness (QED) is 0.748. The zero-order valence-corrected chi connectivity index (χ0v) is 11.5. The molecule has 0 saturated heterocycles. The molecule has 7 heteroatoms. The minimum absolute atomic E-state index is 0.0504. The number of aromatic nitrogens is 2. The number of anilines is 1. The lowest BCUT2D eigenvalue weighted by Crippen LogP contribution is -2.43. The van der Waals surface area contributed by atoms with Crippen LogP contribution in [0.25, 0.3) is 0 Å². The maximum Gasteiger partial charge on any atom is 0.325 e. The van der Waals surface area contributed by atoms with Crippen LogP contribution in [0.5, 0.6) is 0 Å². The van der Waals surface area contributed by atoms with Crippen molar-refractivity contribution in [2.45, 2.75) is 33.4 Å². The minimum Gasteiger partial charge on any atom is -0.465 e. The highest BCUT2D eigenvalue weighted by molar-refractivity contribution is 5.82. The van der Waals surface area contributed by atoms with Gasteiger partial charge in [0.15, 0.2) is 0 Å². The first kappa shape index (κ1) is 15.0. The standard InChI is InChI=1S/C12H20N4O3/c1-4-19-12(18)8-16(9(2)3)11(17)7-15-6-10(13)5-14-15/h5-6,9H,4,7-8,13H2,1-3H3. The predicted octanol–water partition coefficient (Wildman–Crippen LogP) is 0.265. The number of hydrogen-bond acceptors (Lipinski definition) is 5. The van der Waals surface area contributed by atoms with E-state index in [2.05, 4.69) is 5.10 Å². The summed E-state index contributed by atoms with van der Waals surface area (Å²) in [4.78, 5) is 25.0. The average Bonchev–Trinajstić information content (AvgIpc) is 2.71. The van der Waals surface area contributed by atoms with Crippen LogP contribution in [0.15, 0.2) is 12.4 Å². The number of nitrogen functional groups attached to an aromatic ring is 1. The van der Waals surface area contributed by atoms with Gasteiger partial charge in [-0.1, -0.05) is 0 Å². The van der Waals surface area contributed by atoms with Gasteiger partial charge in [-0.3, -0.25) is 14.3 Å². The van der Waals surface area contributed by atoms with E-state index in [1.807, 2.05) is 13.8 Å². The number of esters is 1. The highest BCUT2D eigenvalue weighted by Crippen LogP contribution is 2.04. The molecule has 0 aliphatic rings. The van der Waals surface area contributed by atoms with E-state index >= 15 is 0 Å². The smallest absolute Gasteiger partial charge is 0.325 e. The van der Waals surface area contributed by atoms with Gasteiger partial charge in [0.1, 0.15) is 13.1 Å². The van der Waals surface area contributed by atoms with Gasteiger partial charge in [-0.15, -0.1) is 0 Å². The molecule has 0 bridgehead atoms. The number of rotatable bonds is 6. The molecule has 0 radical (unpaired) electrons. The molecule has 106 valence electrons. The first-order chi connectivity index (χ1) is 8.93. The van der Waals surface area contributed by atoms with Crippen molar-refractivity contribution < 1.29 is 14.3 Å². The summed E-state index contributed by atoms with van der Waals surface area (Å²) in [6.07, 6.45) is 3.04. The summed E-state index contributed by atoms with van der Waals surface area (Å²) in [5.74, 6) is -0.615. The Bertz CT molecular complexity index is 442. The van der Waals surface area contributed by atoms with Crippen LogP contribution < -0.4 is 5.73 Å². The van der Waals surface area contributed by atoms with Gasteiger partial charge in [-0.2, -0.15) is 5.10 Å². The normalized spacial score (nSPS) is 10.5. The van der Waals surface area contributed by atoms with Crippen molar-refractivity contribution in [2.75, 3.05) is 18.9 Å². The van der Waals surface area contributed by atoms with Gasteiger partial charge in [-0.05, 0) is 20.8 Å². The van der Waals surface area contributed by atoms with E-state index in [1.165, 1.54) is 15.8 Å². The van der Waals surface area contributed by atoms with Crippen molar-refractivity contribution in [3.8, 4) is 0 Å². The van der Waals surface area contributed by atoms with Crippen LogP contribution in [0.1, 0.15) is 20.8 Å². The molecule has 0 unspecified atom stereocenters. The molecular formula is C12H20N4O3. The Morgan fingerprint density at radius 2 is 2.21 bits per heavy atom. The summed E-state index contributed by atoms with van der Waals surface area (Å²) in [7, 11) is 0. The molecule has 0 aliphatic carbocycles. The fraction of sp³-hybridized carbons (Fsp3) is 0.583. The van der Waals surface area contributed by atoms with Crippen LogP contribution in [0.4, 0.5) is 5.69 Å². The molecule has 0 fully saturated rings. The monoisotopic (exact) mass is 268 g/mol. The molecule has 1 aromatic heterocycles. The number of amides is 1. The lowest BCUT2D eigenvalue weighted by atomic mass is 10.3. The zero-order chi connectivity index (χ0) is 14.4. The van der Waals surface area contributed by atoms with Crippen LogP contribution in [0.2, 0.25) is 0 Å². The summed E-state index contributed by atoms with van der Waals surface area (Å²) in [5.41, 5.74) is 6.02. The zero-order valence-electron chi connectivity index (χ0n) is 11.5. The number of nitrogens with two attached hydrogens (primary N) is 1. The first-order valence-electron chi connectivity index (χ1n) is 6.17. The van der Waals surface area contributed by atoms with Crippen LogP contribution in [-0.2, 0) is 20.9 Å². The summed E-state index contributed by atoms with van der Waals surface area (Å²) >= 11 is 0. The number of hydrogen-bond donors (Lipinski definition) is 1. The third-order valence-corrected chi connectivity index (χ3v) is 2.50. The Balaban J connectivity index is 2.65. The largest absolute Gasteiger partial charge is 0.465 e.